The van der Waals surface area contributed by atoms with Gasteiger partial charge in [-0.05, 0) is 50.8 Å². The van der Waals surface area contributed by atoms with E-state index in [0.717, 1.165) is 23.9 Å². The first-order valence-electron chi connectivity index (χ1n) is 12.0. The van der Waals surface area contributed by atoms with Crippen molar-refractivity contribution >= 4 is 50.3 Å². The van der Waals surface area contributed by atoms with Crippen LogP contribution in [0.1, 0.15) is 31.4 Å². The fourth-order valence-electron chi connectivity index (χ4n) is 5.52. The monoisotopic (exact) mass is 527 g/mol. The normalized spacial score (nSPS) is 25.0. The number of aryl methyl sites for hydroxylation is 1. The summed E-state index contributed by atoms with van der Waals surface area (Å²) in [5, 5.41) is 24.3. The van der Waals surface area contributed by atoms with E-state index in [-0.39, 0.29) is 37.1 Å². The number of rotatable bonds is 6. The summed E-state index contributed by atoms with van der Waals surface area (Å²) in [6.45, 7) is 2.50. The van der Waals surface area contributed by atoms with Crippen LogP contribution in [-0.4, -0.2) is 68.4 Å². The Hall–Kier alpha value is -2.98. The molecule has 2 unspecified atom stereocenters. The lowest BCUT2D eigenvalue weighted by Gasteiger charge is -2.43. The van der Waals surface area contributed by atoms with Crippen molar-refractivity contribution in [1.29, 1.82) is 5.26 Å². The lowest BCUT2D eigenvalue weighted by Crippen LogP contribution is -2.59. The number of nitriles is 1. The summed E-state index contributed by atoms with van der Waals surface area (Å²) < 4.78 is 29.6. The Balaban J connectivity index is 1.23. The van der Waals surface area contributed by atoms with E-state index in [1.807, 2.05) is 19.1 Å². The highest BCUT2D eigenvalue weighted by Crippen LogP contribution is 2.41. The highest BCUT2D eigenvalue weighted by atomic mass is 35.5. The first-order chi connectivity index (χ1) is 17.3. The molecule has 6 rings (SSSR count). The molecule has 2 bridgehead atoms. The number of hydrogen-bond acceptors (Lipinski definition) is 8. The van der Waals surface area contributed by atoms with Crippen LogP contribution in [0.4, 0.5) is 17.6 Å². The number of nitrogens with zero attached hydrogens (tertiary/aromatic N) is 6. The highest BCUT2D eigenvalue weighted by molar-refractivity contribution is 7.86. The van der Waals surface area contributed by atoms with Gasteiger partial charge in [-0.3, -0.25) is 5.10 Å². The molecular weight excluding hydrogens is 502 g/mol. The van der Waals surface area contributed by atoms with Crippen LogP contribution in [0.3, 0.4) is 0 Å². The molecule has 5 heterocycles. The van der Waals surface area contributed by atoms with Gasteiger partial charge in [-0.15, -0.1) is 0 Å². The molecule has 0 saturated carbocycles. The Bertz CT molecular complexity index is 1450. The Morgan fingerprint density at radius 1 is 1.17 bits per heavy atom. The van der Waals surface area contributed by atoms with Crippen LogP contribution in [0.5, 0.6) is 0 Å². The molecule has 0 amide bonds. The zero-order chi connectivity index (χ0) is 25.0. The maximum atomic E-state index is 13.2. The Labute approximate surface area is 214 Å². The minimum atomic E-state index is -3.55. The van der Waals surface area contributed by atoms with Gasteiger partial charge in [-0.25, -0.2) is 4.98 Å². The number of fused-ring (bicyclic) bond motifs is 3. The summed E-state index contributed by atoms with van der Waals surface area (Å²) in [5.41, 5.74) is 1.62. The van der Waals surface area contributed by atoms with Gasteiger partial charge in [-0.1, -0.05) is 11.6 Å². The minimum Gasteiger partial charge on any atom is -0.351 e. The lowest BCUT2D eigenvalue weighted by molar-refractivity contribution is 0.182. The quantitative estimate of drug-likeness (QED) is 0.443. The SMILES string of the molecule is Cc1cc(Nc2nc(NC3CC4CCC(C3)N4S(=O)(=O)N3CC(C#N)C3)nc3cc(Cl)ccc23)n[nH]1. The van der Waals surface area contributed by atoms with Crippen molar-refractivity contribution in [3.63, 3.8) is 0 Å². The first-order valence-corrected chi connectivity index (χ1v) is 13.8. The number of nitrogens with one attached hydrogen (secondary N) is 3. The van der Waals surface area contributed by atoms with E-state index in [2.05, 4.69) is 26.9 Å². The summed E-state index contributed by atoms with van der Waals surface area (Å²) in [5.74, 6) is 1.51. The molecule has 3 N–H and O–H groups in total. The van der Waals surface area contributed by atoms with Crippen molar-refractivity contribution in [1.82, 2.24) is 28.8 Å². The lowest BCUT2D eigenvalue weighted by atomic mass is 10.00. The number of halogens is 1. The summed E-state index contributed by atoms with van der Waals surface area (Å²) in [6, 6.07) is 9.39. The molecule has 3 aromatic rings. The number of anilines is 3. The van der Waals surface area contributed by atoms with E-state index in [0.29, 0.717) is 41.0 Å². The van der Waals surface area contributed by atoms with E-state index in [1.54, 1.807) is 16.4 Å². The van der Waals surface area contributed by atoms with Crippen LogP contribution in [0, 0.1) is 24.2 Å². The molecule has 188 valence electrons. The van der Waals surface area contributed by atoms with Crippen molar-refractivity contribution in [2.75, 3.05) is 23.7 Å². The van der Waals surface area contributed by atoms with Crippen molar-refractivity contribution in [3.8, 4) is 6.07 Å². The molecule has 2 aromatic heterocycles. The summed E-state index contributed by atoms with van der Waals surface area (Å²) in [7, 11) is -3.55. The van der Waals surface area contributed by atoms with Crippen molar-refractivity contribution < 1.29 is 8.42 Å². The summed E-state index contributed by atoms with van der Waals surface area (Å²) >= 11 is 6.24. The Morgan fingerprint density at radius 2 is 1.92 bits per heavy atom. The largest absolute Gasteiger partial charge is 0.351 e. The van der Waals surface area contributed by atoms with Crippen LogP contribution in [0.15, 0.2) is 24.3 Å². The fourth-order valence-corrected chi connectivity index (χ4v) is 7.82. The molecule has 0 spiro atoms. The molecule has 3 saturated heterocycles. The second kappa shape index (κ2) is 8.85. The van der Waals surface area contributed by atoms with E-state index in [9.17, 15) is 8.42 Å². The number of benzene rings is 1. The van der Waals surface area contributed by atoms with Crippen molar-refractivity contribution in [2.24, 2.45) is 5.92 Å². The molecule has 3 aliphatic heterocycles. The molecular formula is C23H26ClN9O2S. The van der Waals surface area contributed by atoms with Crippen LogP contribution in [0.25, 0.3) is 10.9 Å². The smallest absolute Gasteiger partial charge is 0.282 e. The number of aromatic amines is 1. The molecule has 11 nitrogen and oxygen atoms in total. The van der Waals surface area contributed by atoms with Gasteiger partial charge < -0.3 is 10.6 Å². The van der Waals surface area contributed by atoms with E-state index < -0.39 is 10.2 Å². The van der Waals surface area contributed by atoms with Gasteiger partial charge >= 0.3 is 0 Å². The van der Waals surface area contributed by atoms with Crippen LogP contribution in [-0.2, 0) is 10.2 Å². The minimum absolute atomic E-state index is 0.0364. The third kappa shape index (κ3) is 4.16. The highest BCUT2D eigenvalue weighted by Gasteiger charge is 2.51. The third-order valence-electron chi connectivity index (χ3n) is 7.23. The molecule has 13 heteroatoms. The summed E-state index contributed by atoms with van der Waals surface area (Å²) in [6.07, 6.45) is 3.00. The predicted octanol–water partition coefficient (Wildman–Crippen LogP) is 3.17. The second-order valence-electron chi connectivity index (χ2n) is 9.80. The standard InChI is InChI=1S/C23H26ClN9O2S/c1-13-6-21(31-30-13)28-22-19-5-2-15(24)7-20(19)27-23(29-22)26-16-8-17-3-4-18(9-16)33(17)36(34,35)32-11-14(10-25)12-32/h2,5-7,14,16-18H,3-4,8-9,11-12H2,1H3,(H3,26,27,28,29,30,31). The number of H-pyrrole nitrogens is 1. The maximum Gasteiger partial charge on any atom is 0.282 e. The van der Waals surface area contributed by atoms with Crippen LogP contribution >= 0.6 is 11.6 Å². The molecule has 1 aromatic carbocycles. The van der Waals surface area contributed by atoms with Gasteiger partial charge in [-0.2, -0.15) is 32.4 Å². The molecule has 3 fully saturated rings. The maximum absolute atomic E-state index is 13.2. The zero-order valence-corrected chi connectivity index (χ0v) is 21.2. The topological polar surface area (TPSA) is 143 Å². The fraction of sp³-hybridized carbons (Fsp3) is 0.478. The third-order valence-corrected chi connectivity index (χ3v) is 9.55. The van der Waals surface area contributed by atoms with Crippen LogP contribution in [0.2, 0.25) is 5.02 Å². The second-order valence-corrected chi connectivity index (χ2v) is 12.1. The predicted molar refractivity (Wildman–Crippen MR) is 136 cm³/mol. The van der Waals surface area contributed by atoms with Gasteiger partial charge in [0.2, 0.25) is 5.95 Å². The Kier molecular flexibility index (Phi) is 5.75. The van der Waals surface area contributed by atoms with Gasteiger partial charge in [0.25, 0.3) is 10.2 Å². The average molecular weight is 528 g/mol. The van der Waals surface area contributed by atoms with E-state index >= 15 is 0 Å². The molecule has 36 heavy (non-hydrogen) atoms. The van der Waals surface area contributed by atoms with Gasteiger partial charge in [0.1, 0.15) is 5.82 Å². The summed E-state index contributed by atoms with van der Waals surface area (Å²) in [4.78, 5) is 9.43. The Morgan fingerprint density at radius 3 is 2.58 bits per heavy atom. The van der Waals surface area contributed by atoms with Crippen LogP contribution < -0.4 is 10.6 Å². The number of piperidine rings is 1. The molecule has 0 aliphatic carbocycles. The first kappa shape index (κ1) is 23.4. The van der Waals surface area contributed by atoms with Gasteiger partial charge in [0.05, 0.1) is 17.5 Å². The van der Waals surface area contributed by atoms with Gasteiger partial charge in [0, 0.05) is 53.4 Å². The van der Waals surface area contributed by atoms with Crippen molar-refractivity contribution in [3.05, 3.63) is 35.0 Å². The molecule has 0 radical (unpaired) electrons. The molecule has 2 atom stereocenters. The average Bonchev–Trinajstić information content (AvgIpc) is 3.33. The van der Waals surface area contributed by atoms with E-state index in [4.69, 9.17) is 26.8 Å². The van der Waals surface area contributed by atoms with E-state index in [1.165, 1.54) is 4.31 Å². The zero-order valence-electron chi connectivity index (χ0n) is 19.6. The van der Waals surface area contributed by atoms with Crippen molar-refractivity contribution in [2.45, 2.75) is 50.7 Å². The number of hydrogen-bond donors (Lipinski definition) is 3. The number of aromatic nitrogens is 4. The molecule has 3 aliphatic rings. The van der Waals surface area contributed by atoms with Gasteiger partial charge in [0.15, 0.2) is 5.82 Å².